The van der Waals surface area contributed by atoms with E-state index >= 15 is 0 Å². The second-order valence-corrected chi connectivity index (χ2v) is 7.29. The van der Waals surface area contributed by atoms with Gasteiger partial charge in [0.15, 0.2) is 6.61 Å². The van der Waals surface area contributed by atoms with Crippen molar-refractivity contribution in [3.8, 4) is 5.75 Å². The first-order valence-corrected chi connectivity index (χ1v) is 9.16. The van der Waals surface area contributed by atoms with Crippen molar-refractivity contribution < 1.29 is 27.5 Å². The van der Waals surface area contributed by atoms with E-state index in [2.05, 4.69) is 0 Å². The highest BCUT2D eigenvalue weighted by Gasteiger charge is 2.20. The van der Waals surface area contributed by atoms with Crippen molar-refractivity contribution in [2.75, 3.05) is 13.7 Å². The highest BCUT2D eigenvalue weighted by atomic mass is 32.2. The van der Waals surface area contributed by atoms with Crippen LogP contribution in [0.3, 0.4) is 0 Å². The van der Waals surface area contributed by atoms with Gasteiger partial charge in [0.05, 0.1) is 12.0 Å². The maximum Gasteiger partial charge on any atom is 0.342 e. The molecule has 0 spiro atoms. The number of hydrogen-bond donors (Lipinski definition) is 1. The van der Waals surface area contributed by atoms with Crippen LogP contribution in [0.1, 0.15) is 31.8 Å². The Labute approximate surface area is 151 Å². The second kappa shape index (κ2) is 7.67. The molecule has 0 radical (unpaired) electrons. The lowest BCUT2D eigenvalue weighted by Crippen LogP contribution is -2.17. The van der Waals surface area contributed by atoms with E-state index in [4.69, 9.17) is 14.6 Å². The molecule has 8 heteroatoms. The molecule has 0 aliphatic heterocycles. The van der Waals surface area contributed by atoms with Crippen molar-refractivity contribution in [2.45, 2.75) is 18.7 Å². The molecule has 0 aromatic heterocycles. The van der Waals surface area contributed by atoms with Gasteiger partial charge in [-0.15, -0.1) is 0 Å². The number of esters is 1. The first-order chi connectivity index (χ1) is 12.1. The van der Waals surface area contributed by atoms with E-state index in [9.17, 15) is 18.0 Å². The van der Waals surface area contributed by atoms with E-state index in [0.29, 0.717) is 5.56 Å². The van der Waals surface area contributed by atoms with Gasteiger partial charge in [0.25, 0.3) is 0 Å². The normalized spacial score (nSPS) is 11.1. The molecule has 2 aromatic rings. The number of carbonyl (C=O) groups excluding carboxylic acids is 2. The largest absolute Gasteiger partial charge is 0.496 e. The number of carbonyl (C=O) groups is 2. The number of ketones is 1. The van der Waals surface area contributed by atoms with Gasteiger partial charge in [-0.1, -0.05) is 17.7 Å². The van der Waals surface area contributed by atoms with Crippen LogP contribution in [0.25, 0.3) is 0 Å². The molecule has 0 aliphatic rings. The number of sulfonamides is 1. The maximum absolute atomic E-state index is 12.3. The number of ether oxygens (including phenoxy) is 2. The van der Waals surface area contributed by atoms with Crippen molar-refractivity contribution in [1.29, 1.82) is 0 Å². The summed E-state index contributed by atoms with van der Waals surface area (Å²) in [5.74, 6) is -1.13. The molecule has 7 nitrogen and oxygen atoms in total. The molecule has 0 bridgehead atoms. The molecule has 2 aromatic carbocycles. The van der Waals surface area contributed by atoms with E-state index in [1.807, 2.05) is 19.1 Å². The summed E-state index contributed by atoms with van der Waals surface area (Å²) >= 11 is 0. The number of Topliss-reactive ketones (excluding diaryl/α,β-unsaturated/α-hetero) is 1. The Bertz CT molecular complexity index is 966. The summed E-state index contributed by atoms with van der Waals surface area (Å²) in [4.78, 5) is 24.4. The SMILES string of the molecule is COc1ccc(S(N)(=O)=O)cc1C(=O)OCC(=O)c1cc(C)ccc1C. The highest BCUT2D eigenvalue weighted by Crippen LogP contribution is 2.23. The lowest BCUT2D eigenvalue weighted by atomic mass is 10.0. The number of methoxy groups -OCH3 is 1. The summed E-state index contributed by atoms with van der Waals surface area (Å²) in [5.41, 5.74) is 2.01. The maximum atomic E-state index is 12.3. The third kappa shape index (κ3) is 4.47. The minimum atomic E-state index is -4.00. The number of benzene rings is 2. The van der Waals surface area contributed by atoms with E-state index in [-0.39, 0.29) is 22.0 Å². The molecule has 0 amide bonds. The van der Waals surface area contributed by atoms with Crippen LogP contribution in [0.15, 0.2) is 41.3 Å². The summed E-state index contributed by atoms with van der Waals surface area (Å²) in [7, 11) is -2.68. The van der Waals surface area contributed by atoms with Crippen LogP contribution < -0.4 is 9.88 Å². The monoisotopic (exact) mass is 377 g/mol. The lowest BCUT2D eigenvalue weighted by molar-refractivity contribution is 0.0471. The zero-order valence-electron chi connectivity index (χ0n) is 14.6. The van der Waals surface area contributed by atoms with Crippen molar-refractivity contribution in [3.05, 3.63) is 58.7 Å². The molecular formula is C18H19NO6S. The van der Waals surface area contributed by atoms with Gasteiger partial charge in [-0.25, -0.2) is 18.4 Å². The van der Waals surface area contributed by atoms with Gasteiger partial charge in [-0.05, 0) is 43.7 Å². The molecule has 0 fully saturated rings. The molecule has 0 unspecified atom stereocenters. The van der Waals surface area contributed by atoms with Gasteiger partial charge in [-0.2, -0.15) is 0 Å². The van der Waals surface area contributed by atoms with E-state index in [1.54, 1.807) is 13.0 Å². The Kier molecular flexibility index (Phi) is 5.79. The minimum absolute atomic E-state index is 0.113. The second-order valence-electron chi connectivity index (χ2n) is 5.72. The topological polar surface area (TPSA) is 113 Å². The molecule has 138 valence electrons. The molecule has 0 saturated carbocycles. The van der Waals surface area contributed by atoms with Crippen LogP contribution in [0.5, 0.6) is 5.75 Å². The summed E-state index contributed by atoms with van der Waals surface area (Å²) in [6.45, 7) is 3.16. The molecule has 0 saturated heterocycles. The minimum Gasteiger partial charge on any atom is -0.496 e. The Morgan fingerprint density at radius 2 is 1.73 bits per heavy atom. The smallest absolute Gasteiger partial charge is 0.342 e. The van der Waals surface area contributed by atoms with E-state index < -0.39 is 22.6 Å². The third-order valence-electron chi connectivity index (χ3n) is 3.75. The van der Waals surface area contributed by atoms with Crippen molar-refractivity contribution in [1.82, 2.24) is 0 Å². The van der Waals surface area contributed by atoms with Gasteiger partial charge in [0.2, 0.25) is 15.8 Å². The Morgan fingerprint density at radius 3 is 2.35 bits per heavy atom. The fourth-order valence-electron chi connectivity index (χ4n) is 2.35. The summed E-state index contributed by atoms with van der Waals surface area (Å²) < 4.78 is 33.0. The highest BCUT2D eigenvalue weighted by molar-refractivity contribution is 7.89. The molecule has 26 heavy (non-hydrogen) atoms. The van der Waals surface area contributed by atoms with Gasteiger partial charge in [0, 0.05) is 5.56 Å². The first kappa shape index (κ1) is 19.6. The van der Waals surface area contributed by atoms with Crippen molar-refractivity contribution >= 4 is 21.8 Å². The van der Waals surface area contributed by atoms with Crippen LogP contribution in [0, 0.1) is 13.8 Å². The van der Waals surface area contributed by atoms with Crippen molar-refractivity contribution in [2.24, 2.45) is 5.14 Å². The van der Waals surface area contributed by atoms with Crippen LogP contribution in [0.4, 0.5) is 0 Å². The lowest BCUT2D eigenvalue weighted by Gasteiger charge is -2.11. The average molecular weight is 377 g/mol. The molecule has 0 heterocycles. The number of primary sulfonamides is 1. The van der Waals surface area contributed by atoms with Gasteiger partial charge < -0.3 is 9.47 Å². The number of aryl methyl sites for hydroxylation is 2. The quantitative estimate of drug-likeness (QED) is 0.608. The summed E-state index contributed by atoms with van der Waals surface area (Å²) in [5, 5.41) is 5.07. The van der Waals surface area contributed by atoms with Crippen LogP contribution in [0.2, 0.25) is 0 Å². The predicted molar refractivity (Wildman–Crippen MR) is 94.9 cm³/mol. The number of nitrogens with two attached hydrogens (primary N) is 1. The summed E-state index contributed by atoms with van der Waals surface area (Å²) in [6.07, 6.45) is 0. The van der Waals surface area contributed by atoms with Crippen molar-refractivity contribution in [3.63, 3.8) is 0 Å². The molecule has 2 rings (SSSR count). The first-order valence-electron chi connectivity index (χ1n) is 7.62. The van der Waals surface area contributed by atoms with Crippen LogP contribution >= 0.6 is 0 Å². The van der Waals surface area contributed by atoms with Crippen LogP contribution in [-0.4, -0.2) is 33.9 Å². The van der Waals surface area contributed by atoms with E-state index in [1.165, 1.54) is 19.2 Å². The Balaban J connectivity index is 2.22. The number of hydrogen-bond acceptors (Lipinski definition) is 6. The predicted octanol–water partition coefficient (Wildman–Crippen LogP) is 2.00. The zero-order valence-corrected chi connectivity index (χ0v) is 15.4. The fourth-order valence-corrected chi connectivity index (χ4v) is 2.89. The summed E-state index contributed by atoms with van der Waals surface area (Å²) in [6, 6.07) is 8.96. The van der Waals surface area contributed by atoms with E-state index in [0.717, 1.165) is 17.2 Å². The average Bonchev–Trinajstić information content (AvgIpc) is 2.60. The standard InChI is InChI=1S/C18H19NO6S/c1-11-4-5-12(2)14(8-11)16(20)10-25-18(21)15-9-13(26(19,22)23)6-7-17(15)24-3/h4-9H,10H2,1-3H3,(H2,19,22,23). The Morgan fingerprint density at radius 1 is 1.04 bits per heavy atom. The van der Waals surface area contributed by atoms with Gasteiger partial charge in [-0.3, -0.25) is 4.79 Å². The Hall–Kier alpha value is -2.71. The third-order valence-corrected chi connectivity index (χ3v) is 4.66. The van der Waals surface area contributed by atoms with Crippen LogP contribution in [-0.2, 0) is 14.8 Å². The molecule has 2 N–H and O–H groups in total. The zero-order chi connectivity index (χ0) is 19.5. The molecule has 0 aliphatic carbocycles. The molecule has 0 atom stereocenters. The molecular weight excluding hydrogens is 358 g/mol. The van der Waals surface area contributed by atoms with Gasteiger partial charge in [0.1, 0.15) is 11.3 Å². The van der Waals surface area contributed by atoms with Gasteiger partial charge >= 0.3 is 5.97 Å². The fraction of sp³-hybridized carbons (Fsp3) is 0.222. The number of rotatable bonds is 6.